The highest BCUT2D eigenvalue weighted by atomic mass is 35.5. The summed E-state index contributed by atoms with van der Waals surface area (Å²) in [5.41, 5.74) is 6.46. The third-order valence-electron chi connectivity index (χ3n) is 5.47. The molecule has 0 saturated carbocycles. The summed E-state index contributed by atoms with van der Waals surface area (Å²) < 4.78 is 0. The van der Waals surface area contributed by atoms with Crippen LogP contribution in [0.5, 0.6) is 0 Å². The van der Waals surface area contributed by atoms with Gasteiger partial charge in [-0.2, -0.15) is 0 Å². The number of alkyl halides is 3. The molecule has 2 atom stereocenters. The van der Waals surface area contributed by atoms with Crippen LogP contribution in [0.25, 0.3) is 0 Å². The number of halogens is 3. The van der Waals surface area contributed by atoms with E-state index in [1.165, 1.54) is 22.3 Å². The lowest BCUT2D eigenvalue weighted by Crippen LogP contribution is -2.05. The van der Waals surface area contributed by atoms with Gasteiger partial charge in [-0.3, -0.25) is 0 Å². The average molecular weight is 476 g/mol. The van der Waals surface area contributed by atoms with E-state index >= 15 is 0 Å². The van der Waals surface area contributed by atoms with Crippen molar-refractivity contribution in [2.24, 2.45) is 0 Å². The molecule has 0 bridgehead atoms. The van der Waals surface area contributed by atoms with Crippen molar-refractivity contribution in [3.8, 4) is 0 Å². The van der Waals surface area contributed by atoms with Gasteiger partial charge in [0.2, 0.25) is 0 Å². The molecule has 0 saturated heterocycles. The first-order chi connectivity index (χ1) is 15.1. The second-order valence-electron chi connectivity index (χ2n) is 7.66. The molecule has 2 unspecified atom stereocenters. The van der Waals surface area contributed by atoms with Crippen molar-refractivity contribution in [2.45, 2.75) is 56.7 Å². The van der Waals surface area contributed by atoms with Crippen LogP contribution in [0.3, 0.4) is 0 Å². The lowest BCUT2D eigenvalue weighted by Gasteiger charge is -2.21. The smallest absolute Gasteiger partial charge is 0.0591 e. The SMILES string of the molecule is CCCl.CCc1ccc(CCC(CC(Cl)c2ccc(CCl)cc2)c2ccccc2)cc1. The quantitative estimate of drug-likeness (QED) is 0.270. The predicted molar refractivity (Wildman–Crippen MR) is 139 cm³/mol. The molecular formula is C28H33Cl3. The summed E-state index contributed by atoms with van der Waals surface area (Å²) in [6.45, 7) is 4.09. The lowest BCUT2D eigenvalue weighted by molar-refractivity contribution is 0.567. The molecule has 0 spiro atoms. The zero-order valence-corrected chi connectivity index (χ0v) is 20.8. The summed E-state index contributed by atoms with van der Waals surface area (Å²) in [7, 11) is 0. The molecule has 0 nitrogen and oxygen atoms in total. The molecule has 0 aliphatic carbocycles. The normalized spacial score (nSPS) is 12.5. The first kappa shape index (κ1) is 25.8. The summed E-state index contributed by atoms with van der Waals surface area (Å²) >= 11 is 17.7. The molecule has 0 aromatic heterocycles. The van der Waals surface area contributed by atoms with E-state index in [9.17, 15) is 0 Å². The zero-order valence-electron chi connectivity index (χ0n) is 18.5. The molecule has 0 fully saturated rings. The number of benzene rings is 3. The van der Waals surface area contributed by atoms with Gasteiger partial charge in [-0.15, -0.1) is 34.8 Å². The second kappa shape index (κ2) is 14.6. The molecule has 0 heterocycles. The predicted octanol–water partition coefficient (Wildman–Crippen LogP) is 9.32. The van der Waals surface area contributed by atoms with Crippen LogP contribution in [0.15, 0.2) is 78.9 Å². The van der Waals surface area contributed by atoms with Gasteiger partial charge in [-0.1, -0.05) is 92.7 Å². The summed E-state index contributed by atoms with van der Waals surface area (Å²) in [6, 6.07) is 28.2. The Hall–Kier alpha value is -1.47. The largest absolute Gasteiger partial charge is 0.127 e. The molecule has 166 valence electrons. The van der Waals surface area contributed by atoms with Gasteiger partial charge in [-0.25, -0.2) is 0 Å². The zero-order chi connectivity index (χ0) is 22.5. The first-order valence-electron chi connectivity index (χ1n) is 11.1. The van der Waals surface area contributed by atoms with Crippen molar-refractivity contribution in [3.05, 3.63) is 107 Å². The standard InChI is InChI=1S/C26H28Cl2.C2H5Cl/c1-2-20-8-10-21(11-9-20)12-17-25(23-6-4-3-5-7-23)18-26(28)24-15-13-22(19-27)14-16-24;1-2-3/h3-11,13-16,25-26H,2,12,17-19H2,1H3;2H2,1H3. The highest BCUT2D eigenvalue weighted by molar-refractivity contribution is 6.20. The molecule has 0 N–H and O–H groups in total. The van der Waals surface area contributed by atoms with E-state index in [0.29, 0.717) is 11.8 Å². The molecule has 3 aromatic carbocycles. The maximum atomic E-state index is 6.83. The van der Waals surface area contributed by atoms with E-state index in [-0.39, 0.29) is 5.38 Å². The molecule has 31 heavy (non-hydrogen) atoms. The maximum absolute atomic E-state index is 6.83. The third kappa shape index (κ3) is 8.89. The van der Waals surface area contributed by atoms with Crippen LogP contribution >= 0.6 is 34.8 Å². The van der Waals surface area contributed by atoms with Gasteiger partial charge in [0, 0.05) is 11.8 Å². The van der Waals surface area contributed by atoms with Gasteiger partial charge in [0.1, 0.15) is 0 Å². The molecule has 3 rings (SSSR count). The van der Waals surface area contributed by atoms with Crippen molar-refractivity contribution in [3.63, 3.8) is 0 Å². The molecular weight excluding hydrogens is 443 g/mol. The van der Waals surface area contributed by atoms with Crippen LogP contribution in [0.2, 0.25) is 0 Å². The van der Waals surface area contributed by atoms with Gasteiger partial charge in [0.25, 0.3) is 0 Å². The summed E-state index contributed by atoms with van der Waals surface area (Å²) in [5.74, 6) is 1.69. The fourth-order valence-electron chi connectivity index (χ4n) is 3.63. The summed E-state index contributed by atoms with van der Waals surface area (Å²) in [6.07, 6.45) is 4.18. The van der Waals surface area contributed by atoms with Crippen molar-refractivity contribution in [2.75, 3.05) is 5.88 Å². The van der Waals surface area contributed by atoms with Gasteiger partial charge < -0.3 is 0 Å². The highest BCUT2D eigenvalue weighted by Gasteiger charge is 2.18. The van der Waals surface area contributed by atoms with Gasteiger partial charge in [0.15, 0.2) is 0 Å². The van der Waals surface area contributed by atoms with Crippen LogP contribution in [-0.2, 0) is 18.7 Å². The van der Waals surface area contributed by atoms with Crippen LogP contribution in [0.1, 0.15) is 65.8 Å². The number of hydrogen-bond donors (Lipinski definition) is 0. The van der Waals surface area contributed by atoms with Crippen LogP contribution in [-0.4, -0.2) is 5.88 Å². The van der Waals surface area contributed by atoms with Crippen molar-refractivity contribution < 1.29 is 0 Å². The average Bonchev–Trinajstić information content (AvgIpc) is 2.83. The summed E-state index contributed by atoms with van der Waals surface area (Å²) in [4.78, 5) is 0. The summed E-state index contributed by atoms with van der Waals surface area (Å²) in [5, 5.41) is -0.00273. The molecule has 3 aromatic rings. The van der Waals surface area contributed by atoms with E-state index in [0.717, 1.165) is 37.1 Å². The van der Waals surface area contributed by atoms with Crippen LogP contribution in [0, 0.1) is 0 Å². The Balaban J connectivity index is 0.00000107. The van der Waals surface area contributed by atoms with Gasteiger partial charge in [-0.05, 0) is 59.4 Å². The van der Waals surface area contributed by atoms with Crippen molar-refractivity contribution in [1.82, 2.24) is 0 Å². The minimum atomic E-state index is -0.00273. The Labute approximate surface area is 203 Å². The minimum absolute atomic E-state index is 0.00273. The Morgan fingerprint density at radius 1 is 0.677 bits per heavy atom. The van der Waals surface area contributed by atoms with Crippen molar-refractivity contribution in [1.29, 1.82) is 0 Å². The van der Waals surface area contributed by atoms with E-state index < -0.39 is 0 Å². The molecule has 0 amide bonds. The van der Waals surface area contributed by atoms with E-state index in [4.69, 9.17) is 34.8 Å². The van der Waals surface area contributed by atoms with Crippen LogP contribution in [0.4, 0.5) is 0 Å². The van der Waals surface area contributed by atoms with Gasteiger partial charge in [0.05, 0.1) is 5.38 Å². The number of aryl methyl sites for hydroxylation is 2. The Morgan fingerprint density at radius 2 is 1.23 bits per heavy atom. The fraction of sp³-hybridized carbons (Fsp3) is 0.357. The molecule has 0 radical (unpaired) electrons. The van der Waals surface area contributed by atoms with E-state index in [1.807, 2.05) is 6.92 Å². The third-order valence-corrected chi connectivity index (χ3v) is 6.21. The Bertz CT molecular complexity index is 842. The monoisotopic (exact) mass is 474 g/mol. The van der Waals surface area contributed by atoms with Gasteiger partial charge >= 0.3 is 0 Å². The molecule has 0 aliphatic heterocycles. The first-order valence-corrected chi connectivity index (χ1v) is 12.6. The highest BCUT2D eigenvalue weighted by Crippen LogP contribution is 2.35. The molecule has 0 aliphatic rings. The van der Waals surface area contributed by atoms with Crippen molar-refractivity contribution >= 4 is 34.8 Å². The minimum Gasteiger partial charge on any atom is -0.127 e. The second-order valence-corrected chi connectivity index (χ2v) is 8.99. The topological polar surface area (TPSA) is 0 Å². The van der Waals surface area contributed by atoms with E-state index in [1.54, 1.807) is 0 Å². The lowest BCUT2D eigenvalue weighted by atomic mass is 9.87. The Kier molecular flexibility index (Phi) is 12.1. The number of hydrogen-bond acceptors (Lipinski definition) is 0. The maximum Gasteiger partial charge on any atom is 0.0591 e. The molecule has 3 heteroatoms. The van der Waals surface area contributed by atoms with E-state index in [2.05, 4.69) is 85.8 Å². The Morgan fingerprint density at radius 3 is 1.77 bits per heavy atom. The van der Waals surface area contributed by atoms with Crippen LogP contribution < -0.4 is 0 Å². The fourth-order valence-corrected chi connectivity index (χ4v) is 4.17. The number of rotatable bonds is 9.